The van der Waals surface area contributed by atoms with E-state index in [1.165, 1.54) is 6.33 Å². The fourth-order valence-corrected chi connectivity index (χ4v) is 2.83. The van der Waals surface area contributed by atoms with E-state index in [9.17, 15) is 4.79 Å². The van der Waals surface area contributed by atoms with Crippen molar-refractivity contribution in [1.82, 2.24) is 9.97 Å². The van der Waals surface area contributed by atoms with Crippen LogP contribution in [-0.4, -0.2) is 29.5 Å². The summed E-state index contributed by atoms with van der Waals surface area (Å²) in [5, 5.41) is 6.61. The lowest BCUT2D eigenvalue weighted by molar-refractivity contribution is 0.102. The molecular weight excluding hydrogens is 376 g/mol. The predicted octanol–water partition coefficient (Wildman–Crippen LogP) is 4.35. The zero-order chi connectivity index (χ0) is 19.9. The van der Waals surface area contributed by atoms with Crippen LogP contribution in [0, 0.1) is 6.92 Å². The molecule has 3 aromatic rings. The molecule has 2 aromatic carbocycles. The first kappa shape index (κ1) is 19.6. The minimum atomic E-state index is -0.316. The smallest absolute Gasteiger partial charge is 0.274 e. The van der Waals surface area contributed by atoms with Crippen molar-refractivity contribution in [3.63, 3.8) is 0 Å². The summed E-state index contributed by atoms with van der Waals surface area (Å²) in [5.41, 5.74) is 3.00. The second-order valence-electron chi connectivity index (χ2n) is 6.23. The van der Waals surface area contributed by atoms with Crippen LogP contribution >= 0.6 is 11.6 Å². The van der Waals surface area contributed by atoms with Crippen LogP contribution < -0.4 is 15.4 Å². The maximum atomic E-state index is 12.5. The van der Waals surface area contributed by atoms with Crippen molar-refractivity contribution >= 4 is 29.0 Å². The topological polar surface area (TPSA) is 76.1 Å². The summed E-state index contributed by atoms with van der Waals surface area (Å²) in [7, 11) is 1.65. The first-order valence-corrected chi connectivity index (χ1v) is 9.19. The Balaban J connectivity index is 1.61. The average molecular weight is 397 g/mol. The van der Waals surface area contributed by atoms with Crippen LogP contribution in [0.1, 0.15) is 21.6 Å². The fraction of sp³-hybridized carbons (Fsp3) is 0.190. The minimum Gasteiger partial charge on any atom is -0.497 e. The third-order valence-corrected chi connectivity index (χ3v) is 4.44. The summed E-state index contributed by atoms with van der Waals surface area (Å²) >= 11 is 6.00. The number of anilines is 2. The van der Waals surface area contributed by atoms with Gasteiger partial charge in [0.25, 0.3) is 5.91 Å². The lowest BCUT2D eigenvalue weighted by atomic mass is 10.1. The number of benzene rings is 2. The number of aromatic nitrogens is 2. The Morgan fingerprint density at radius 1 is 1.14 bits per heavy atom. The molecule has 7 heteroatoms. The zero-order valence-electron chi connectivity index (χ0n) is 15.7. The van der Waals surface area contributed by atoms with Gasteiger partial charge in [-0.15, -0.1) is 0 Å². The Morgan fingerprint density at radius 3 is 2.82 bits per heavy atom. The molecule has 0 radical (unpaired) electrons. The van der Waals surface area contributed by atoms with Gasteiger partial charge in [0.05, 0.1) is 7.11 Å². The Morgan fingerprint density at radius 2 is 2.00 bits per heavy atom. The largest absolute Gasteiger partial charge is 0.497 e. The third-order valence-electron chi connectivity index (χ3n) is 4.20. The van der Waals surface area contributed by atoms with Crippen LogP contribution in [0.3, 0.4) is 0 Å². The Kier molecular flexibility index (Phi) is 6.45. The highest BCUT2D eigenvalue weighted by Gasteiger charge is 2.11. The molecule has 0 bridgehead atoms. The third kappa shape index (κ3) is 5.20. The maximum Gasteiger partial charge on any atom is 0.274 e. The Labute approximate surface area is 168 Å². The number of aryl methyl sites for hydroxylation is 1. The van der Waals surface area contributed by atoms with Crippen LogP contribution in [0.15, 0.2) is 54.9 Å². The summed E-state index contributed by atoms with van der Waals surface area (Å²) < 4.78 is 5.23. The van der Waals surface area contributed by atoms with Crippen LogP contribution in [-0.2, 0) is 6.42 Å². The molecule has 1 amide bonds. The normalized spacial score (nSPS) is 10.4. The molecular formula is C21H21ClN4O2. The van der Waals surface area contributed by atoms with Crippen LogP contribution in [0.4, 0.5) is 11.5 Å². The van der Waals surface area contributed by atoms with Crippen LogP contribution in [0.25, 0.3) is 0 Å². The van der Waals surface area contributed by atoms with E-state index in [2.05, 4.69) is 20.6 Å². The second kappa shape index (κ2) is 9.19. The van der Waals surface area contributed by atoms with Gasteiger partial charge < -0.3 is 15.4 Å². The van der Waals surface area contributed by atoms with E-state index >= 15 is 0 Å². The van der Waals surface area contributed by atoms with Crippen molar-refractivity contribution in [3.05, 3.63) is 76.7 Å². The molecule has 0 saturated heterocycles. The summed E-state index contributed by atoms with van der Waals surface area (Å²) in [6, 6.07) is 14.9. The molecule has 0 aliphatic rings. The van der Waals surface area contributed by atoms with Crippen LogP contribution in [0.5, 0.6) is 5.75 Å². The number of hydrogen-bond donors (Lipinski definition) is 2. The number of hydrogen-bond acceptors (Lipinski definition) is 5. The van der Waals surface area contributed by atoms with E-state index in [1.807, 2.05) is 37.3 Å². The quantitative estimate of drug-likeness (QED) is 0.620. The van der Waals surface area contributed by atoms with E-state index in [0.717, 1.165) is 23.3 Å². The molecule has 1 heterocycles. The van der Waals surface area contributed by atoms with E-state index in [0.29, 0.717) is 23.1 Å². The average Bonchev–Trinajstić information content (AvgIpc) is 2.71. The van der Waals surface area contributed by atoms with E-state index in [-0.39, 0.29) is 11.6 Å². The van der Waals surface area contributed by atoms with Gasteiger partial charge in [-0.3, -0.25) is 4.79 Å². The maximum absolute atomic E-state index is 12.5. The molecule has 6 nitrogen and oxygen atoms in total. The minimum absolute atomic E-state index is 0.276. The van der Waals surface area contributed by atoms with Gasteiger partial charge in [-0.05, 0) is 48.7 Å². The van der Waals surface area contributed by atoms with Crippen molar-refractivity contribution in [2.24, 2.45) is 0 Å². The second-order valence-corrected chi connectivity index (χ2v) is 6.67. The predicted molar refractivity (Wildman–Crippen MR) is 111 cm³/mol. The highest BCUT2D eigenvalue weighted by Crippen LogP contribution is 2.21. The summed E-state index contributed by atoms with van der Waals surface area (Å²) in [6.45, 7) is 2.57. The summed E-state index contributed by atoms with van der Waals surface area (Å²) in [4.78, 5) is 20.8. The highest BCUT2D eigenvalue weighted by atomic mass is 35.5. The number of halogens is 1. The van der Waals surface area contributed by atoms with Crippen molar-refractivity contribution in [2.75, 3.05) is 24.3 Å². The van der Waals surface area contributed by atoms with Gasteiger partial charge in [-0.2, -0.15) is 0 Å². The molecule has 3 rings (SSSR count). The number of amides is 1. The molecule has 0 aliphatic heterocycles. The van der Waals surface area contributed by atoms with E-state index in [4.69, 9.17) is 16.3 Å². The molecule has 0 atom stereocenters. The first-order chi connectivity index (χ1) is 13.5. The number of methoxy groups -OCH3 is 1. The van der Waals surface area contributed by atoms with Crippen molar-refractivity contribution in [3.8, 4) is 5.75 Å². The van der Waals surface area contributed by atoms with E-state index in [1.54, 1.807) is 25.3 Å². The molecule has 0 unspecified atom stereocenters. The van der Waals surface area contributed by atoms with Gasteiger partial charge in [0, 0.05) is 23.3 Å². The molecule has 1 aromatic heterocycles. The molecule has 0 aliphatic carbocycles. The van der Waals surface area contributed by atoms with Crippen molar-refractivity contribution < 1.29 is 9.53 Å². The molecule has 2 N–H and O–H groups in total. The number of rotatable bonds is 7. The van der Waals surface area contributed by atoms with Gasteiger partial charge in [0.2, 0.25) is 0 Å². The molecule has 0 saturated carbocycles. The number of carbonyl (C=O) groups excluding carboxylic acids is 1. The highest BCUT2D eigenvalue weighted by molar-refractivity contribution is 6.31. The number of ether oxygens (including phenoxy) is 1. The van der Waals surface area contributed by atoms with Gasteiger partial charge >= 0.3 is 0 Å². The monoisotopic (exact) mass is 396 g/mol. The van der Waals surface area contributed by atoms with Gasteiger partial charge in [0.15, 0.2) is 0 Å². The fourth-order valence-electron chi connectivity index (χ4n) is 2.66. The summed E-state index contributed by atoms with van der Waals surface area (Å²) in [6.07, 6.45) is 2.16. The number of nitrogens with zero attached hydrogens (tertiary/aromatic N) is 2. The zero-order valence-corrected chi connectivity index (χ0v) is 16.5. The van der Waals surface area contributed by atoms with Gasteiger partial charge in [-0.25, -0.2) is 9.97 Å². The lowest BCUT2D eigenvalue weighted by Crippen LogP contribution is -2.15. The standard InChI is InChI=1S/C21H21ClN4O2/c1-14-6-7-16(22)11-18(14)26-21(27)19-12-20(25-13-24-19)23-9-8-15-4-3-5-17(10-15)28-2/h3-7,10-13H,8-9H2,1-2H3,(H,26,27)(H,23,24,25). The number of carbonyl (C=O) groups is 1. The molecule has 0 spiro atoms. The summed E-state index contributed by atoms with van der Waals surface area (Å²) in [5.74, 6) is 1.10. The van der Waals surface area contributed by atoms with Crippen LogP contribution in [0.2, 0.25) is 5.02 Å². The van der Waals surface area contributed by atoms with Gasteiger partial charge in [0.1, 0.15) is 23.6 Å². The van der Waals surface area contributed by atoms with Crippen molar-refractivity contribution in [1.29, 1.82) is 0 Å². The molecule has 28 heavy (non-hydrogen) atoms. The SMILES string of the molecule is COc1cccc(CCNc2cc(C(=O)Nc3cc(Cl)ccc3C)ncn2)c1. The van der Waals surface area contributed by atoms with Crippen molar-refractivity contribution in [2.45, 2.75) is 13.3 Å². The first-order valence-electron chi connectivity index (χ1n) is 8.81. The lowest BCUT2D eigenvalue weighted by Gasteiger charge is -2.10. The van der Waals surface area contributed by atoms with Gasteiger partial charge in [-0.1, -0.05) is 29.8 Å². The Bertz CT molecular complexity index is 978. The molecule has 0 fully saturated rings. The van der Waals surface area contributed by atoms with E-state index < -0.39 is 0 Å². The number of nitrogens with one attached hydrogen (secondary N) is 2. The Hall–Kier alpha value is -3.12. The molecule has 144 valence electrons.